The molecular formula is C45H27N3O. The van der Waals surface area contributed by atoms with Crippen LogP contribution in [-0.4, -0.2) is 15.0 Å². The van der Waals surface area contributed by atoms with Crippen molar-refractivity contribution in [3.63, 3.8) is 0 Å². The molecule has 4 nitrogen and oxygen atoms in total. The number of aromatic nitrogens is 3. The average Bonchev–Trinajstić information content (AvgIpc) is 3.56. The molecule has 8 aromatic carbocycles. The summed E-state index contributed by atoms with van der Waals surface area (Å²) in [4.78, 5) is 15.6. The van der Waals surface area contributed by atoms with E-state index in [1.807, 2.05) is 36.4 Å². The molecule has 4 heteroatoms. The zero-order valence-corrected chi connectivity index (χ0v) is 26.3. The maximum Gasteiger partial charge on any atom is 0.164 e. The van der Waals surface area contributed by atoms with Gasteiger partial charge in [0, 0.05) is 32.8 Å². The van der Waals surface area contributed by atoms with Crippen LogP contribution in [0, 0.1) is 0 Å². The number of rotatable bonds is 4. The molecule has 0 aliphatic carbocycles. The molecule has 2 heterocycles. The van der Waals surface area contributed by atoms with E-state index in [0.717, 1.165) is 60.2 Å². The van der Waals surface area contributed by atoms with Crippen LogP contribution in [0.25, 0.3) is 99.5 Å². The third kappa shape index (κ3) is 4.42. The first-order valence-corrected chi connectivity index (χ1v) is 16.5. The van der Waals surface area contributed by atoms with Gasteiger partial charge in [0.1, 0.15) is 11.2 Å². The minimum atomic E-state index is 0.620. The monoisotopic (exact) mass is 625 g/mol. The van der Waals surface area contributed by atoms with Crippen molar-refractivity contribution in [1.29, 1.82) is 0 Å². The summed E-state index contributed by atoms with van der Waals surface area (Å²) in [5.74, 6) is 1.88. The molecule has 0 saturated carbocycles. The second-order valence-corrected chi connectivity index (χ2v) is 12.3. The van der Waals surface area contributed by atoms with Crippen LogP contribution in [0.15, 0.2) is 168 Å². The standard InChI is InChI=1S/C45H27N3O/c1-2-14-29(15-3-1)43-46-44(38-25-12-23-33-32(22-11-24-34(33)38)31-21-10-16-28-13-4-5-17-30(28)31)48-45(47-43)40-27-39-36-19-8-9-26-41(36)49-42(39)37-20-7-6-18-35(37)40/h1-27H. The van der Waals surface area contributed by atoms with Crippen LogP contribution < -0.4 is 0 Å². The molecule has 0 bridgehead atoms. The van der Waals surface area contributed by atoms with Gasteiger partial charge in [-0.15, -0.1) is 0 Å². The van der Waals surface area contributed by atoms with E-state index in [1.165, 1.54) is 21.9 Å². The van der Waals surface area contributed by atoms with Crippen LogP contribution in [0.2, 0.25) is 0 Å². The van der Waals surface area contributed by atoms with E-state index in [2.05, 4.69) is 127 Å². The first-order valence-electron chi connectivity index (χ1n) is 16.5. The molecule has 0 aliphatic rings. The number of para-hydroxylation sites is 1. The zero-order chi connectivity index (χ0) is 32.3. The van der Waals surface area contributed by atoms with Crippen molar-refractivity contribution in [3.8, 4) is 45.3 Å². The molecule has 0 amide bonds. The number of hydrogen-bond donors (Lipinski definition) is 0. The van der Waals surface area contributed by atoms with Crippen LogP contribution in [0.3, 0.4) is 0 Å². The highest BCUT2D eigenvalue weighted by atomic mass is 16.3. The van der Waals surface area contributed by atoms with Crippen LogP contribution in [-0.2, 0) is 0 Å². The molecule has 0 atom stereocenters. The molecule has 10 rings (SSSR count). The summed E-state index contributed by atoms with van der Waals surface area (Å²) in [6.07, 6.45) is 0. The lowest BCUT2D eigenvalue weighted by Crippen LogP contribution is -2.01. The van der Waals surface area contributed by atoms with Gasteiger partial charge in [0.15, 0.2) is 17.5 Å². The van der Waals surface area contributed by atoms with E-state index < -0.39 is 0 Å². The van der Waals surface area contributed by atoms with Crippen molar-refractivity contribution in [2.45, 2.75) is 0 Å². The first kappa shape index (κ1) is 27.5. The summed E-state index contributed by atoms with van der Waals surface area (Å²) in [5.41, 5.74) is 6.94. The van der Waals surface area contributed by atoms with Crippen molar-refractivity contribution in [2.75, 3.05) is 0 Å². The summed E-state index contributed by atoms with van der Waals surface area (Å²) < 4.78 is 6.41. The van der Waals surface area contributed by atoms with Crippen molar-refractivity contribution in [3.05, 3.63) is 164 Å². The maximum absolute atomic E-state index is 6.41. The Hall–Kier alpha value is -6.65. The number of nitrogens with zero attached hydrogens (tertiary/aromatic N) is 3. The van der Waals surface area contributed by atoms with Gasteiger partial charge in [-0.2, -0.15) is 0 Å². The van der Waals surface area contributed by atoms with E-state index >= 15 is 0 Å². The summed E-state index contributed by atoms with van der Waals surface area (Å²) in [7, 11) is 0. The minimum absolute atomic E-state index is 0.620. The second-order valence-electron chi connectivity index (χ2n) is 12.3. The fourth-order valence-electron chi connectivity index (χ4n) is 7.27. The molecular weight excluding hydrogens is 599 g/mol. The molecule has 0 saturated heterocycles. The lowest BCUT2D eigenvalue weighted by molar-refractivity contribution is 0.672. The smallest absolute Gasteiger partial charge is 0.164 e. The maximum atomic E-state index is 6.41. The van der Waals surface area contributed by atoms with Crippen molar-refractivity contribution in [1.82, 2.24) is 15.0 Å². The molecule has 0 N–H and O–H groups in total. The van der Waals surface area contributed by atoms with Crippen LogP contribution in [0.5, 0.6) is 0 Å². The zero-order valence-electron chi connectivity index (χ0n) is 26.3. The lowest BCUT2D eigenvalue weighted by atomic mass is 9.92. The SMILES string of the molecule is c1ccc(-c2nc(-c3cccc4c(-c5cccc6ccccc56)cccc34)nc(-c3cc4c5ccccc5oc4c4ccccc34)n2)cc1. The van der Waals surface area contributed by atoms with Gasteiger partial charge in [-0.05, 0) is 50.2 Å². The third-order valence-corrected chi connectivity index (χ3v) is 9.54. The Morgan fingerprint density at radius 2 is 0.837 bits per heavy atom. The van der Waals surface area contributed by atoms with E-state index in [4.69, 9.17) is 19.4 Å². The molecule has 0 spiro atoms. The largest absolute Gasteiger partial charge is 0.455 e. The predicted molar refractivity (Wildman–Crippen MR) is 201 cm³/mol. The lowest BCUT2D eigenvalue weighted by Gasteiger charge is -2.14. The van der Waals surface area contributed by atoms with Gasteiger partial charge in [-0.1, -0.05) is 152 Å². The normalized spacial score (nSPS) is 11.7. The topological polar surface area (TPSA) is 51.8 Å². The second kappa shape index (κ2) is 11.0. The number of furan rings is 1. The Balaban J connectivity index is 1.25. The Bertz CT molecular complexity index is 2890. The average molecular weight is 626 g/mol. The van der Waals surface area contributed by atoms with Crippen molar-refractivity contribution in [2.24, 2.45) is 0 Å². The van der Waals surface area contributed by atoms with Gasteiger partial charge in [0.25, 0.3) is 0 Å². The van der Waals surface area contributed by atoms with Gasteiger partial charge >= 0.3 is 0 Å². The fraction of sp³-hybridized carbons (Fsp3) is 0. The highest BCUT2D eigenvalue weighted by molar-refractivity contribution is 6.19. The van der Waals surface area contributed by atoms with Crippen LogP contribution >= 0.6 is 0 Å². The number of fused-ring (bicyclic) bond motifs is 7. The van der Waals surface area contributed by atoms with Crippen LogP contribution in [0.4, 0.5) is 0 Å². The molecule has 228 valence electrons. The van der Waals surface area contributed by atoms with Crippen molar-refractivity contribution < 1.29 is 4.42 Å². The van der Waals surface area contributed by atoms with E-state index in [0.29, 0.717) is 17.5 Å². The molecule has 0 aliphatic heterocycles. The quantitative estimate of drug-likeness (QED) is 0.195. The molecule has 49 heavy (non-hydrogen) atoms. The molecule has 10 aromatic rings. The summed E-state index contributed by atoms with van der Waals surface area (Å²) in [5, 5.41) is 8.85. The molecule has 0 fully saturated rings. The Labute approximate surface area is 282 Å². The van der Waals surface area contributed by atoms with Gasteiger partial charge in [-0.3, -0.25) is 0 Å². The molecule has 0 unspecified atom stereocenters. The fourth-order valence-corrected chi connectivity index (χ4v) is 7.27. The summed E-state index contributed by atoms with van der Waals surface area (Å²) >= 11 is 0. The van der Waals surface area contributed by atoms with Gasteiger partial charge in [-0.25, -0.2) is 15.0 Å². The Kier molecular flexibility index (Phi) is 6.15. The molecule has 0 radical (unpaired) electrons. The Morgan fingerprint density at radius 3 is 1.65 bits per heavy atom. The third-order valence-electron chi connectivity index (χ3n) is 9.54. The van der Waals surface area contributed by atoms with Gasteiger partial charge < -0.3 is 4.42 Å². The van der Waals surface area contributed by atoms with Crippen molar-refractivity contribution >= 4 is 54.3 Å². The minimum Gasteiger partial charge on any atom is -0.455 e. The van der Waals surface area contributed by atoms with E-state index in [-0.39, 0.29) is 0 Å². The summed E-state index contributed by atoms with van der Waals surface area (Å²) in [6.45, 7) is 0. The first-order chi connectivity index (χ1) is 24.3. The number of benzene rings is 8. The molecule has 2 aromatic heterocycles. The highest BCUT2D eigenvalue weighted by Crippen LogP contribution is 2.41. The van der Waals surface area contributed by atoms with Crippen LogP contribution in [0.1, 0.15) is 0 Å². The van der Waals surface area contributed by atoms with Gasteiger partial charge in [0.05, 0.1) is 0 Å². The van der Waals surface area contributed by atoms with Gasteiger partial charge in [0.2, 0.25) is 0 Å². The highest BCUT2D eigenvalue weighted by Gasteiger charge is 2.20. The van der Waals surface area contributed by atoms with E-state index in [9.17, 15) is 0 Å². The van der Waals surface area contributed by atoms with E-state index in [1.54, 1.807) is 0 Å². The summed E-state index contributed by atoms with van der Waals surface area (Å²) in [6, 6.07) is 56.9. The Morgan fingerprint density at radius 1 is 0.327 bits per heavy atom. The predicted octanol–water partition coefficient (Wildman–Crippen LogP) is 11.9. The number of hydrogen-bond acceptors (Lipinski definition) is 4.